The SMILES string of the molecule is C=NC(=O)C1=NN=C(Cc2cccs2)CCC1. The minimum Gasteiger partial charge on any atom is -0.265 e. The largest absolute Gasteiger partial charge is 0.292 e. The van der Waals surface area contributed by atoms with Crippen LogP contribution < -0.4 is 0 Å². The minimum absolute atomic E-state index is 0.355. The van der Waals surface area contributed by atoms with Crippen molar-refractivity contribution in [2.45, 2.75) is 25.7 Å². The van der Waals surface area contributed by atoms with Gasteiger partial charge in [0.25, 0.3) is 5.91 Å². The van der Waals surface area contributed by atoms with Crippen LogP contribution in [-0.4, -0.2) is 24.0 Å². The minimum atomic E-state index is -0.355. The fourth-order valence-electron chi connectivity index (χ4n) is 1.67. The third-order valence-electron chi connectivity index (χ3n) is 2.54. The molecule has 0 radical (unpaired) electrons. The van der Waals surface area contributed by atoms with E-state index in [2.05, 4.69) is 28.0 Å². The predicted octanol–water partition coefficient (Wildman–Crippen LogP) is 2.50. The van der Waals surface area contributed by atoms with E-state index in [1.54, 1.807) is 11.3 Å². The van der Waals surface area contributed by atoms with Crippen molar-refractivity contribution in [2.75, 3.05) is 0 Å². The lowest BCUT2D eigenvalue weighted by atomic mass is 10.1. The van der Waals surface area contributed by atoms with Crippen LogP contribution in [0.3, 0.4) is 0 Å². The highest BCUT2D eigenvalue weighted by molar-refractivity contribution is 7.10. The molecule has 0 N–H and O–H groups in total. The number of rotatable bonds is 3. The van der Waals surface area contributed by atoms with Gasteiger partial charge in [0.2, 0.25) is 0 Å². The molecule has 2 rings (SSSR count). The van der Waals surface area contributed by atoms with E-state index in [1.165, 1.54) is 4.88 Å². The molecule has 4 nitrogen and oxygen atoms in total. The number of thiophene rings is 1. The number of aliphatic imine (C=N–C) groups is 1. The molecular weight excluding hydrogens is 234 g/mol. The molecule has 1 aromatic heterocycles. The van der Waals surface area contributed by atoms with Gasteiger partial charge in [-0.2, -0.15) is 5.10 Å². The number of hydrogen-bond donors (Lipinski definition) is 0. The van der Waals surface area contributed by atoms with E-state index in [0.29, 0.717) is 12.1 Å². The first kappa shape index (κ1) is 11.9. The fraction of sp³-hybridized carbons (Fsp3) is 0.333. The van der Waals surface area contributed by atoms with Crippen LogP contribution in [0.1, 0.15) is 24.1 Å². The van der Waals surface area contributed by atoms with Crippen molar-refractivity contribution in [3.8, 4) is 0 Å². The van der Waals surface area contributed by atoms with Gasteiger partial charge < -0.3 is 0 Å². The smallest absolute Gasteiger partial charge is 0.265 e. The Bertz CT molecular complexity index is 474. The second kappa shape index (κ2) is 5.63. The Morgan fingerprint density at radius 1 is 1.47 bits per heavy atom. The van der Waals surface area contributed by atoms with E-state index in [9.17, 15) is 4.79 Å². The van der Waals surface area contributed by atoms with Crippen molar-refractivity contribution < 1.29 is 4.79 Å². The zero-order chi connectivity index (χ0) is 12.1. The van der Waals surface area contributed by atoms with Gasteiger partial charge >= 0.3 is 0 Å². The summed E-state index contributed by atoms with van der Waals surface area (Å²) in [6.07, 6.45) is 3.24. The Balaban J connectivity index is 2.09. The first-order chi connectivity index (χ1) is 8.29. The average molecular weight is 247 g/mol. The fourth-order valence-corrected chi connectivity index (χ4v) is 2.41. The van der Waals surface area contributed by atoms with Gasteiger partial charge in [0.1, 0.15) is 5.71 Å². The Hall–Kier alpha value is -1.62. The molecule has 1 aliphatic rings. The lowest BCUT2D eigenvalue weighted by Crippen LogP contribution is -2.09. The van der Waals surface area contributed by atoms with E-state index in [1.807, 2.05) is 11.4 Å². The molecule has 0 unspecified atom stereocenters. The summed E-state index contributed by atoms with van der Waals surface area (Å²) in [5.41, 5.74) is 1.44. The molecule has 0 bridgehead atoms. The topological polar surface area (TPSA) is 54.1 Å². The quantitative estimate of drug-likeness (QED) is 0.757. The third kappa shape index (κ3) is 3.17. The van der Waals surface area contributed by atoms with Crippen LogP contribution in [0.4, 0.5) is 0 Å². The van der Waals surface area contributed by atoms with Crippen LogP contribution in [-0.2, 0) is 11.2 Å². The van der Waals surface area contributed by atoms with Crippen LogP contribution in [0.5, 0.6) is 0 Å². The molecule has 17 heavy (non-hydrogen) atoms. The van der Waals surface area contributed by atoms with Crippen molar-refractivity contribution >= 4 is 35.4 Å². The molecule has 0 spiro atoms. The maximum atomic E-state index is 11.3. The Labute approximate surface area is 104 Å². The third-order valence-corrected chi connectivity index (χ3v) is 3.42. The summed E-state index contributed by atoms with van der Waals surface area (Å²) in [6.45, 7) is 3.22. The molecule has 5 heteroatoms. The molecule has 0 aromatic carbocycles. The van der Waals surface area contributed by atoms with Gasteiger partial charge in [-0.1, -0.05) is 6.07 Å². The van der Waals surface area contributed by atoms with Crippen molar-refractivity contribution in [1.82, 2.24) is 0 Å². The average Bonchev–Trinajstić information content (AvgIpc) is 2.73. The van der Waals surface area contributed by atoms with Crippen LogP contribution in [0.25, 0.3) is 0 Å². The number of amides is 1. The number of carbonyl (C=O) groups is 1. The lowest BCUT2D eigenvalue weighted by molar-refractivity contribution is -0.111. The van der Waals surface area contributed by atoms with E-state index < -0.39 is 0 Å². The Morgan fingerprint density at radius 2 is 2.35 bits per heavy atom. The number of nitrogens with zero attached hydrogens (tertiary/aromatic N) is 3. The highest BCUT2D eigenvalue weighted by Gasteiger charge is 2.14. The number of hydrogen-bond acceptors (Lipinski definition) is 4. The summed E-state index contributed by atoms with van der Waals surface area (Å²) in [4.78, 5) is 16.0. The summed E-state index contributed by atoms with van der Waals surface area (Å²) in [5, 5.41) is 10.2. The van der Waals surface area contributed by atoms with Gasteiger partial charge in [0.05, 0.1) is 0 Å². The van der Waals surface area contributed by atoms with Crippen LogP contribution in [0.15, 0.2) is 32.7 Å². The Kier molecular flexibility index (Phi) is 3.93. The van der Waals surface area contributed by atoms with Gasteiger partial charge in [-0.25, -0.2) is 4.99 Å². The molecule has 1 aromatic rings. The lowest BCUT2D eigenvalue weighted by Gasteiger charge is -1.99. The van der Waals surface area contributed by atoms with Gasteiger partial charge in [-0.3, -0.25) is 4.79 Å². The maximum absolute atomic E-state index is 11.3. The van der Waals surface area contributed by atoms with E-state index >= 15 is 0 Å². The Morgan fingerprint density at radius 3 is 3.06 bits per heavy atom. The zero-order valence-corrected chi connectivity index (χ0v) is 10.2. The van der Waals surface area contributed by atoms with Crippen LogP contribution >= 0.6 is 11.3 Å². The molecule has 0 saturated heterocycles. The second-order valence-electron chi connectivity index (χ2n) is 3.79. The summed E-state index contributed by atoms with van der Waals surface area (Å²) in [7, 11) is 0. The second-order valence-corrected chi connectivity index (χ2v) is 4.82. The summed E-state index contributed by atoms with van der Waals surface area (Å²) in [5.74, 6) is -0.355. The highest BCUT2D eigenvalue weighted by Crippen LogP contribution is 2.15. The molecule has 1 amide bonds. The standard InChI is InChI=1S/C12H13N3OS/c1-13-12(16)11-6-2-4-9(14-15-11)8-10-5-3-7-17-10/h3,5,7H,1-2,4,6,8H2. The summed E-state index contributed by atoms with van der Waals surface area (Å²) < 4.78 is 0. The van der Waals surface area contributed by atoms with Crippen LogP contribution in [0.2, 0.25) is 0 Å². The van der Waals surface area contributed by atoms with Crippen molar-refractivity contribution in [1.29, 1.82) is 0 Å². The van der Waals surface area contributed by atoms with E-state index in [4.69, 9.17) is 0 Å². The molecule has 2 heterocycles. The van der Waals surface area contributed by atoms with E-state index in [0.717, 1.165) is 25.0 Å². The van der Waals surface area contributed by atoms with Gasteiger partial charge in [0.15, 0.2) is 0 Å². The van der Waals surface area contributed by atoms with Gasteiger partial charge in [0, 0.05) is 17.0 Å². The first-order valence-corrected chi connectivity index (χ1v) is 6.33. The van der Waals surface area contributed by atoms with Crippen LogP contribution in [0, 0.1) is 0 Å². The molecule has 0 fully saturated rings. The van der Waals surface area contributed by atoms with Crippen molar-refractivity contribution in [3.05, 3.63) is 22.4 Å². The van der Waals surface area contributed by atoms with Gasteiger partial charge in [-0.05, 0) is 37.4 Å². The summed E-state index contributed by atoms with van der Waals surface area (Å²) in [6, 6.07) is 4.11. The van der Waals surface area contributed by atoms with E-state index in [-0.39, 0.29) is 5.91 Å². The molecule has 0 aliphatic carbocycles. The highest BCUT2D eigenvalue weighted by atomic mass is 32.1. The normalized spacial score (nSPS) is 15.8. The first-order valence-electron chi connectivity index (χ1n) is 5.45. The number of carbonyl (C=O) groups excluding carboxylic acids is 1. The zero-order valence-electron chi connectivity index (χ0n) is 9.43. The summed E-state index contributed by atoms with van der Waals surface area (Å²) >= 11 is 1.71. The molecule has 0 saturated carbocycles. The van der Waals surface area contributed by atoms with Gasteiger partial charge in [-0.15, -0.1) is 16.4 Å². The van der Waals surface area contributed by atoms with Crippen molar-refractivity contribution in [3.63, 3.8) is 0 Å². The molecule has 0 atom stereocenters. The van der Waals surface area contributed by atoms with Crippen molar-refractivity contribution in [2.24, 2.45) is 15.2 Å². The molecular formula is C12H13N3OS. The molecule has 1 aliphatic heterocycles. The predicted molar refractivity (Wildman–Crippen MR) is 71.3 cm³/mol. The molecule has 88 valence electrons. The monoisotopic (exact) mass is 247 g/mol. The maximum Gasteiger partial charge on any atom is 0.292 e.